The zero-order valence-corrected chi connectivity index (χ0v) is 12.4. The predicted molar refractivity (Wildman–Crippen MR) is 78.2 cm³/mol. The molecule has 0 saturated carbocycles. The molecule has 1 fully saturated rings. The van der Waals surface area contributed by atoms with E-state index < -0.39 is 12.0 Å². The van der Waals surface area contributed by atoms with Crippen LogP contribution in [0, 0.1) is 0 Å². The van der Waals surface area contributed by atoms with E-state index in [-0.39, 0.29) is 18.2 Å². The summed E-state index contributed by atoms with van der Waals surface area (Å²) in [5, 5.41) is 10.3. The minimum Gasteiger partial charge on any atom is -0.465 e. The summed E-state index contributed by atoms with van der Waals surface area (Å²) < 4.78 is 6.09. The van der Waals surface area contributed by atoms with Gasteiger partial charge in [0.25, 0.3) is 5.91 Å². The lowest BCUT2D eigenvalue weighted by molar-refractivity contribution is -0.136. The molecule has 8 heteroatoms. The first kappa shape index (κ1) is 14.9. The van der Waals surface area contributed by atoms with Gasteiger partial charge in [0.2, 0.25) is 5.91 Å². The van der Waals surface area contributed by atoms with E-state index in [9.17, 15) is 14.4 Å². The van der Waals surface area contributed by atoms with Crippen molar-refractivity contribution in [2.75, 3.05) is 7.11 Å². The molecule has 23 heavy (non-hydrogen) atoms. The molecule has 2 amide bonds. The number of rotatable bonds is 3. The van der Waals surface area contributed by atoms with Gasteiger partial charge < -0.3 is 4.74 Å². The molecule has 1 aliphatic rings. The molecule has 0 spiro atoms. The minimum atomic E-state index is -0.539. The first-order valence-electron chi connectivity index (χ1n) is 7.03. The van der Waals surface area contributed by atoms with Gasteiger partial charge in [0.15, 0.2) is 0 Å². The third-order valence-corrected chi connectivity index (χ3v) is 3.64. The summed E-state index contributed by atoms with van der Waals surface area (Å²) in [6, 6.07) is 6.18. The van der Waals surface area contributed by atoms with Gasteiger partial charge in [-0.15, -0.1) is 5.10 Å². The molecule has 0 bridgehead atoms. The lowest BCUT2D eigenvalue weighted by atomic mass is 10.1. The molecular formula is C15H14N4O4. The Morgan fingerprint density at radius 3 is 2.70 bits per heavy atom. The van der Waals surface area contributed by atoms with E-state index in [1.54, 1.807) is 30.5 Å². The summed E-state index contributed by atoms with van der Waals surface area (Å²) in [7, 11) is 1.32. The van der Waals surface area contributed by atoms with Gasteiger partial charge in [-0.3, -0.25) is 14.9 Å². The van der Waals surface area contributed by atoms with Gasteiger partial charge in [-0.25, -0.2) is 9.48 Å². The molecule has 1 N–H and O–H groups in total. The molecule has 1 aromatic heterocycles. The number of ether oxygens (including phenoxy) is 1. The Labute approximate surface area is 131 Å². The van der Waals surface area contributed by atoms with Gasteiger partial charge in [-0.1, -0.05) is 17.3 Å². The SMILES string of the molecule is COC(=O)c1ccc(-c2cn(C3CCC(=O)NC3=O)nn2)cc1. The number of carbonyl (C=O) groups is 3. The van der Waals surface area contributed by atoms with Gasteiger partial charge in [0.05, 0.1) is 18.9 Å². The van der Waals surface area contributed by atoms with Crippen LogP contribution in [0.5, 0.6) is 0 Å². The molecular weight excluding hydrogens is 300 g/mol. The number of piperidine rings is 1. The Balaban J connectivity index is 1.80. The van der Waals surface area contributed by atoms with Crippen molar-refractivity contribution >= 4 is 17.8 Å². The highest BCUT2D eigenvalue weighted by molar-refractivity contribution is 5.99. The Kier molecular flexibility index (Phi) is 3.88. The largest absolute Gasteiger partial charge is 0.465 e. The molecule has 3 rings (SSSR count). The number of nitrogens with one attached hydrogen (secondary N) is 1. The van der Waals surface area contributed by atoms with Crippen LogP contribution in [0.3, 0.4) is 0 Å². The summed E-state index contributed by atoms with van der Waals surface area (Å²) >= 11 is 0. The van der Waals surface area contributed by atoms with E-state index in [1.807, 2.05) is 0 Å². The minimum absolute atomic E-state index is 0.273. The second kappa shape index (κ2) is 5.99. The Morgan fingerprint density at radius 2 is 2.04 bits per heavy atom. The molecule has 2 aromatic rings. The van der Waals surface area contributed by atoms with E-state index in [0.717, 1.165) is 5.56 Å². The average Bonchev–Trinajstić information content (AvgIpc) is 3.04. The second-order valence-electron chi connectivity index (χ2n) is 5.12. The lowest BCUT2D eigenvalue weighted by Crippen LogP contribution is -2.41. The van der Waals surface area contributed by atoms with Gasteiger partial charge >= 0.3 is 5.97 Å². The monoisotopic (exact) mass is 314 g/mol. The van der Waals surface area contributed by atoms with Gasteiger partial charge in [0, 0.05) is 12.0 Å². The first-order valence-corrected chi connectivity index (χ1v) is 7.03. The average molecular weight is 314 g/mol. The lowest BCUT2D eigenvalue weighted by Gasteiger charge is -2.20. The van der Waals surface area contributed by atoms with Gasteiger partial charge in [-0.2, -0.15) is 0 Å². The molecule has 1 aromatic carbocycles. The van der Waals surface area contributed by atoms with E-state index >= 15 is 0 Å². The topological polar surface area (TPSA) is 103 Å². The van der Waals surface area contributed by atoms with Crippen molar-refractivity contribution in [3.8, 4) is 11.3 Å². The van der Waals surface area contributed by atoms with Crippen molar-refractivity contribution in [2.24, 2.45) is 0 Å². The standard InChI is InChI=1S/C15H14N4O4/c1-23-15(22)10-4-2-9(3-5-10)11-8-19(18-17-11)12-6-7-13(20)16-14(12)21/h2-5,8,12H,6-7H2,1H3,(H,16,20,21). The van der Waals surface area contributed by atoms with Crippen LogP contribution in [0.1, 0.15) is 29.2 Å². The molecule has 0 radical (unpaired) electrons. The molecule has 1 saturated heterocycles. The fourth-order valence-corrected chi connectivity index (χ4v) is 2.39. The molecule has 1 unspecified atom stereocenters. The third-order valence-electron chi connectivity index (χ3n) is 3.64. The smallest absolute Gasteiger partial charge is 0.337 e. The van der Waals surface area contributed by atoms with Crippen LogP contribution in [0.25, 0.3) is 11.3 Å². The summed E-state index contributed by atoms with van der Waals surface area (Å²) in [4.78, 5) is 34.4. The quantitative estimate of drug-likeness (QED) is 0.661. The molecule has 0 aliphatic carbocycles. The van der Waals surface area contributed by atoms with E-state index in [1.165, 1.54) is 11.8 Å². The highest BCUT2D eigenvalue weighted by Crippen LogP contribution is 2.22. The van der Waals surface area contributed by atoms with Crippen molar-refractivity contribution in [3.05, 3.63) is 36.0 Å². The van der Waals surface area contributed by atoms with Crippen molar-refractivity contribution in [1.29, 1.82) is 0 Å². The highest BCUT2D eigenvalue weighted by Gasteiger charge is 2.29. The number of imide groups is 1. The number of hydrogen-bond acceptors (Lipinski definition) is 6. The van der Waals surface area contributed by atoms with Crippen molar-refractivity contribution in [3.63, 3.8) is 0 Å². The van der Waals surface area contributed by atoms with Crippen LogP contribution in [0.15, 0.2) is 30.5 Å². The zero-order valence-electron chi connectivity index (χ0n) is 12.4. The van der Waals surface area contributed by atoms with Crippen LogP contribution >= 0.6 is 0 Å². The van der Waals surface area contributed by atoms with Gasteiger partial charge in [0.1, 0.15) is 11.7 Å². The van der Waals surface area contributed by atoms with Crippen LogP contribution in [0.2, 0.25) is 0 Å². The molecule has 118 valence electrons. The molecule has 2 heterocycles. The van der Waals surface area contributed by atoms with Crippen LogP contribution < -0.4 is 5.32 Å². The van der Waals surface area contributed by atoms with Crippen molar-refractivity contribution in [2.45, 2.75) is 18.9 Å². The maximum atomic E-state index is 11.8. The summed E-state index contributed by atoms with van der Waals surface area (Å²) in [6.45, 7) is 0. The van der Waals surface area contributed by atoms with Crippen LogP contribution in [-0.4, -0.2) is 39.9 Å². The number of methoxy groups -OCH3 is 1. The van der Waals surface area contributed by atoms with E-state index in [0.29, 0.717) is 17.7 Å². The fraction of sp³-hybridized carbons (Fsp3) is 0.267. The number of esters is 1. The summed E-state index contributed by atoms with van der Waals surface area (Å²) in [6.07, 6.45) is 2.32. The third kappa shape index (κ3) is 2.96. The Hall–Kier alpha value is -3.03. The summed E-state index contributed by atoms with van der Waals surface area (Å²) in [5.41, 5.74) is 1.77. The number of aromatic nitrogens is 3. The van der Waals surface area contributed by atoms with E-state index in [4.69, 9.17) is 0 Å². The zero-order chi connectivity index (χ0) is 16.4. The predicted octanol–water partition coefficient (Wildman–Crippen LogP) is 0.709. The molecule has 1 aliphatic heterocycles. The summed E-state index contributed by atoms with van der Waals surface area (Å²) in [5.74, 6) is -1.06. The number of benzene rings is 1. The van der Waals surface area contributed by atoms with Crippen molar-refractivity contribution < 1.29 is 19.1 Å². The second-order valence-corrected chi connectivity index (χ2v) is 5.12. The van der Waals surface area contributed by atoms with Crippen molar-refractivity contribution in [1.82, 2.24) is 20.3 Å². The molecule has 1 atom stereocenters. The maximum absolute atomic E-state index is 11.8. The highest BCUT2D eigenvalue weighted by atomic mass is 16.5. The number of amides is 2. The number of nitrogens with zero attached hydrogens (tertiary/aromatic N) is 3. The normalized spacial score (nSPS) is 17.7. The van der Waals surface area contributed by atoms with E-state index in [2.05, 4.69) is 20.4 Å². The van der Waals surface area contributed by atoms with Crippen LogP contribution in [-0.2, 0) is 14.3 Å². The fourth-order valence-electron chi connectivity index (χ4n) is 2.39. The number of hydrogen-bond donors (Lipinski definition) is 1. The maximum Gasteiger partial charge on any atom is 0.337 e. The number of carbonyl (C=O) groups excluding carboxylic acids is 3. The van der Waals surface area contributed by atoms with Gasteiger partial charge in [-0.05, 0) is 18.6 Å². The first-order chi connectivity index (χ1) is 11.1. The molecule has 8 nitrogen and oxygen atoms in total. The van der Waals surface area contributed by atoms with Crippen LogP contribution in [0.4, 0.5) is 0 Å². The Bertz CT molecular complexity index is 766. The Morgan fingerprint density at radius 1 is 1.30 bits per heavy atom.